The van der Waals surface area contributed by atoms with Gasteiger partial charge in [0.05, 0.1) is 24.4 Å². The van der Waals surface area contributed by atoms with Gasteiger partial charge in [0, 0.05) is 30.0 Å². The number of aromatic carboxylic acids is 1. The van der Waals surface area contributed by atoms with Gasteiger partial charge in [0.2, 0.25) is 0 Å². The predicted octanol–water partition coefficient (Wildman–Crippen LogP) is 7.51. The minimum Gasteiger partial charge on any atom is -0.478 e. The van der Waals surface area contributed by atoms with Crippen molar-refractivity contribution in [1.82, 2.24) is 10.3 Å². The quantitative estimate of drug-likeness (QED) is 0.115. The Morgan fingerprint density at radius 1 is 0.913 bits per heavy atom. The van der Waals surface area contributed by atoms with Crippen molar-refractivity contribution in [2.75, 3.05) is 5.75 Å². The number of ether oxygens (including phenoxy) is 2. The maximum Gasteiger partial charge on any atom is 0.338 e. The van der Waals surface area contributed by atoms with E-state index in [-0.39, 0.29) is 36.8 Å². The Kier molecular flexibility index (Phi) is 11.3. The maximum absolute atomic E-state index is 12.0. The zero-order valence-electron chi connectivity index (χ0n) is 24.6. The summed E-state index contributed by atoms with van der Waals surface area (Å²) in [6.45, 7) is 2.17. The molecular formula is C34H31Cl3N2O6S. The molecule has 3 N–H and O–H groups in total. The molecule has 4 aromatic rings. The van der Waals surface area contributed by atoms with Crippen LogP contribution in [0.3, 0.4) is 0 Å². The number of nitrogens with zero attached hydrogens (tertiary/aromatic N) is 1. The van der Waals surface area contributed by atoms with Gasteiger partial charge in [-0.2, -0.15) is 0 Å². The molecular weight excluding hydrogens is 671 g/mol. The number of alkyl halides is 3. The van der Waals surface area contributed by atoms with Crippen molar-refractivity contribution in [2.45, 2.75) is 47.4 Å². The van der Waals surface area contributed by atoms with E-state index in [2.05, 4.69) is 10.3 Å². The van der Waals surface area contributed by atoms with E-state index < -0.39 is 22.0 Å². The van der Waals surface area contributed by atoms with Gasteiger partial charge in [0.15, 0.2) is 6.29 Å². The van der Waals surface area contributed by atoms with Crippen LogP contribution in [-0.2, 0) is 27.4 Å². The van der Waals surface area contributed by atoms with Gasteiger partial charge in [0.25, 0.3) is 9.70 Å². The van der Waals surface area contributed by atoms with Crippen molar-refractivity contribution < 1.29 is 29.3 Å². The number of thioether (sulfide) groups is 1. The first-order valence-corrected chi connectivity index (χ1v) is 16.5. The fraction of sp³-hybridized carbons (Fsp3) is 0.265. The van der Waals surface area contributed by atoms with Crippen molar-refractivity contribution >= 4 is 58.4 Å². The van der Waals surface area contributed by atoms with E-state index in [1.807, 2.05) is 79.7 Å². The number of hydrogen-bond acceptors (Lipinski definition) is 7. The molecule has 0 radical (unpaired) electrons. The van der Waals surface area contributed by atoms with Crippen molar-refractivity contribution in [3.8, 4) is 11.1 Å². The summed E-state index contributed by atoms with van der Waals surface area (Å²) in [5.41, 5.74) is 5.32. The zero-order valence-corrected chi connectivity index (χ0v) is 27.7. The van der Waals surface area contributed by atoms with Gasteiger partial charge >= 0.3 is 5.97 Å². The second kappa shape index (κ2) is 15.2. The van der Waals surface area contributed by atoms with Crippen LogP contribution >= 0.6 is 46.6 Å². The lowest BCUT2D eigenvalue weighted by Gasteiger charge is -2.41. The lowest BCUT2D eigenvalue weighted by atomic mass is 9.91. The molecule has 1 aliphatic rings. The van der Waals surface area contributed by atoms with Crippen LogP contribution in [0.2, 0.25) is 0 Å². The largest absolute Gasteiger partial charge is 0.478 e. The minimum absolute atomic E-state index is 0.0599. The van der Waals surface area contributed by atoms with Gasteiger partial charge in [-0.1, -0.05) is 102 Å². The topological polar surface area (TPSA) is 118 Å². The normalized spacial score (nSPS) is 19.8. The number of carbonyl (C=O) groups excluding carboxylic acids is 1. The van der Waals surface area contributed by atoms with Crippen molar-refractivity contribution in [3.63, 3.8) is 0 Å². The summed E-state index contributed by atoms with van der Waals surface area (Å²) < 4.78 is 11.1. The Morgan fingerprint density at radius 2 is 1.63 bits per heavy atom. The SMILES string of the molecule is C[C@H]1[C@@H](CSc2ncccc2C(=O)O)O[C@@H](c2cccc(-c3cccc(CNC(=O)C(Cl)(Cl)Cl)c3)c2)O[C@H]1c1ccc(CO)cc1. The molecule has 0 spiro atoms. The molecule has 1 amide bonds. The molecule has 1 fully saturated rings. The van der Waals surface area contributed by atoms with Crippen LogP contribution in [0.15, 0.2) is 96.2 Å². The summed E-state index contributed by atoms with van der Waals surface area (Å²) >= 11 is 18.4. The highest BCUT2D eigenvalue weighted by atomic mass is 35.6. The number of carboxylic acids is 1. The number of amides is 1. The Morgan fingerprint density at radius 3 is 2.33 bits per heavy atom. The van der Waals surface area contributed by atoms with Crippen LogP contribution in [0.5, 0.6) is 0 Å². The fourth-order valence-electron chi connectivity index (χ4n) is 5.15. The minimum atomic E-state index is -2.05. The van der Waals surface area contributed by atoms with E-state index >= 15 is 0 Å². The van der Waals surface area contributed by atoms with E-state index in [1.54, 1.807) is 12.3 Å². The third kappa shape index (κ3) is 8.41. The number of halogens is 3. The van der Waals surface area contributed by atoms with Crippen LogP contribution in [0.25, 0.3) is 11.1 Å². The first-order valence-electron chi connectivity index (χ1n) is 14.4. The summed E-state index contributed by atoms with van der Waals surface area (Å²) in [5.74, 6) is -1.39. The molecule has 1 aliphatic heterocycles. The Labute approximate surface area is 286 Å². The summed E-state index contributed by atoms with van der Waals surface area (Å²) in [4.78, 5) is 28.1. The van der Waals surface area contributed by atoms with E-state index in [1.165, 1.54) is 17.8 Å². The summed E-state index contributed by atoms with van der Waals surface area (Å²) in [6.07, 6.45) is 0.197. The highest BCUT2D eigenvalue weighted by Gasteiger charge is 2.38. The van der Waals surface area contributed by atoms with Gasteiger partial charge in [-0.15, -0.1) is 11.8 Å². The molecule has 2 heterocycles. The summed E-state index contributed by atoms with van der Waals surface area (Å²) in [6, 6.07) is 26.3. The first-order chi connectivity index (χ1) is 22.0. The van der Waals surface area contributed by atoms with Crippen molar-refractivity contribution in [3.05, 3.63) is 119 Å². The molecule has 0 unspecified atom stereocenters. The number of nitrogens with one attached hydrogen (secondary N) is 1. The van der Waals surface area contributed by atoms with E-state index in [0.29, 0.717) is 10.8 Å². The molecule has 240 valence electrons. The van der Waals surface area contributed by atoms with Gasteiger partial charge in [-0.25, -0.2) is 9.78 Å². The predicted molar refractivity (Wildman–Crippen MR) is 179 cm³/mol. The van der Waals surface area contributed by atoms with Crippen LogP contribution < -0.4 is 5.32 Å². The molecule has 0 bridgehead atoms. The van der Waals surface area contributed by atoms with Gasteiger partial charge < -0.3 is 25.0 Å². The molecule has 5 rings (SSSR count). The zero-order chi connectivity index (χ0) is 32.8. The van der Waals surface area contributed by atoms with Crippen LogP contribution in [0.4, 0.5) is 0 Å². The highest BCUT2D eigenvalue weighted by Crippen LogP contribution is 2.43. The number of carboxylic acid groups (broad SMARTS) is 1. The third-order valence-corrected chi connectivity index (χ3v) is 9.25. The number of aliphatic hydroxyl groups is 1. The highest BCUT2D eigenvalue weighted by molar-refractivity contribution is 7.99. The van der Waals surface area contributed by atoms with Crippen molar-refractivity contribution in [1.29, 1.82) is 0 Å². The number of benzene rings is 3. The Balaban J connectivity index is 1.41. The number of carbonyl (C=O) groups is 2. The average molecular weight is 702 g/mol. The fourth-order valence-corrected chi connectivity index (χ4v) is 6.50. The second-order valence-corrected chi connectivity index (χ2v) is 14.1. The first kappa shape index (κ1) is 34.2. The molecule has 46 heavy (non-hydrogen) atoms. The van der Waals surface area contributed by atoms with Crippen LogP contribution in [0.1, 0.15) is 51.9 Å². The molecule has 1 aromatic heterocycles. The lowest BCUT2D eigenvalue weighted by Crippen LogP contribution is -2.38. The standard InChI is InChI=1S/C34H31Cl3N2O6S/c1-20-28(19-46-30-27(31(41)42)9-4-14-38-30)44-32(45-29(20)23-12-10-21(18-40)11-13-23)26-8-3-7-25(16-26)24-6-2-5-22(15-24)17-39-33(43)34(35,36)37/h2-16,20,28-29,32,40H,17-19H2,1H3,(H,39,43)(H,41,42)/t20-,28+,29+,32+/m0/s1. The van der Waals surface area contributed by atoms with Gasteiger partial charge in [0.1, 0.15) is 5.03 Å². The Hall–Kier alpha value is -3.15. The number of rotatable bonds is 10. The molecule has 1 saturated heterocycles. The monoisotopic (exact) mass is 700 g/mol. The molecule has 3 aromatic carbocycles. The molecule has 0 saturated carbocycles. The smallest absolute Gasteiger partial charge is 0.338 e. The Bertz CT molecular complexity index is 1680. The van der Waals surface area contributed by atoms with E-state index in [4.69, 9.17) is 44.3 Å². The van der Waals surface area contributed by atoms with Crippen LogP contribution in [0, 0.1) is 5.92 Å². The molecule has 4 atom stereocenters. The molecule has 12 heteroatoms. The second-order valence-electron chi connectivity index (χ2n) is 10.8. The average Bonchev–Trinajstić information content (AvgIpc) is 3.06. The summed E-state index contributed by atoms with van der Waals surface area (Å²) in [5, 5.41) is 22.2. The lowest BCUT2D eigenvalue weighted by molar-refractivity contribution is -0.268. The van der Waals surface area contributed by atoms with Crippen LogP contribution in [-0.4, -0.2) is 42.7 Å². The third-order valence-electron chi connectivity index (χ3n) is 7.64. The number of aromatic nitrogens is 1. The van der Waals surface area contributed by atoms with E-state index in [0.717, 1.165) is 33.4 Å². The number of hydrogen-bond donors (Lipinski definition) is 3. The number of pyridine rings is 1. The van der Waals surface area contributed by atoms with Crippen molar-refractivity contribution in [2.24, 2.45) is 5.92 Å². The maximum atomic E-state index is 12.0. The summed E-state index contributed by atoms with van der Waals surface area (Å²) in [7, 11) is 0. The molecule has 0 aliphatic carbocycles. The van der Waals surface area contributed by atoms with E-state index in [9.17, 15) is 19.8 Å². The number of aliphatic hydroxyl groups excluding tert-OH is 1. The van der Waals surface area contributed by atoms with Gasteiger partial charge in [-0.3, -0.25) is 4.79 Å². The van der Waals surface area contributed by atoms with Gasteiger partial charge in [-0.05, 0) is 52.1 Å². The molecule has 8 nitrogen and oxygen atoms in total.